The van der Waals surface area contributed by atoms with E-state index in [1.54, 1.807) is 0 Å². The number of rotatable bonds is 4. The van der Waals surface area contributed by atoms with E-state index < -0.39 is 18.4 Å². The molecule has 0 radical (unpaired) electrons. The lowest BCUT2D eigenvalue weighted by Gasteiger charge is -2.29. The molecule has 0 spiro atoms. The highest BCUT2D eigenvalue weighted by Gasteiger charge is 2.48. The van der Waals surface area contributed by atoms with Gasteiger partial charge in [0.05, 0.1) is 18.0 Å². The fourth-order valence-electron chi connectivity index (χ4n) is 2.80. The van der Waals surface area contributed by atoms with Crippen molar-refractivity contribution in [3.8, 4) is 0 Å². The zero-order chi connectivity index (χ0) is 17.1. The molecule has 0 aliphatic carbocycles. The number of hydrogen-bond acceptors (Lipinski definition) is 7. The number of aliphatic hydroxyl groups excluding tert-OH is 1. The molecule has 4 rings (SSSR count). The van der Waals surface area contributed by atoms with Gasteiger partial charge in [0.1, 0.15) is 24.0 Å². The quantitative estimate of drug-likeness (QED) is 0.663. The molecule has 2 N–H and O–H groups in total. The maximum atomic E-state index is 10.7. The minimum atomic E-state index is -0.921. The summed E-state index contributed by atoms with van der Waals surface area (Å²) in [6.45, 7) is 0.352. The standard InChI is InChI=1S/C18H18N4O3/c23-17-15(21-19-12-7-3-1-4-8-12)14-11-24-18(25-14)16(17)22-20-13-9-5-2-6-10-13/h1-10,14-15,17-18,20,23H,11H2/b21-19?,22-16-/t14-,15-,17-,18-/m1/s1. The summed E-state index contributed by atoms with van der Waals surface area (Å²) in [5.41, 5.74) is 4.82. The Morgan fingerprint density at radius 2 is 1.72 bits per heavy atom. The predicted molar refractivity (Wildman–Crippen MR) is 92.9 cm³/mol. The van der Waals surface area contributed by atoms with Gasteiger partial charge in [-0.3, -0.25) is 5.43 Å². The number of hydrazone groups is 1. The Hall–Kier alpha value is -2.61. The fourth-order valence-corrected chi connectivity index (χ4v) is 2.80. The average molecular weight is 338 g/mol. The van der Waals surface area contributed by atoms with Gasteiger partial charge in [0.2, 0.25) is 6.29 Å². The first-order chi connectivity index (χ1) is 12.3. The average Bonchev–Trinajstić information content (AvgIpc) is 3.09. The number of nitrogens with zero attached hydrogens (tertiary/aromatic N) is 3. The summed E-state index contributed by atoms with van der Waals surface area (Å²) >= 11 is 0. The number of fused-ring (bicyclic) bond motifs is 2. The van der Waals surface area contributed by atoms with Gasteiger partial charge in [-0.1, -0.05) is 36.4 Å². The number of hydrogen-bond donors (Lipinski definition) is 2. The number of anilines is 1. The molecular formula is C18H18N4O3. The zero-order valence-corrected chi connectivity index (χ0v) is 13.4. The summed E-state index contributed by atoms with van der Waals surface area (Å²) < 4.78 is 11.3. The van der Waals surface area contributed by atoms with E-state index in [9.17, 15) is 5.11 Å². The monoisotopic (exact) mass is 338 g/mol. The summed E-state index contributed by atoms with van der Waals surface area (Å²) in [6, 6.07) is 18.3. The third kappa shape index (κ3) is 3.43. The number of aliphatic hydroxyl groups is 1. The fraction of sp³-hybridized carbons (Fsp3) is 0.278. The molecule has 128 valence electrons. The lowest BCUT2D eigenvalue weighted by molar-refractivity contribution is -0.0445. The van der Waals surface area contributed by atoms with Crippen LogP contribution in [0, 0.1) is 0 Å². The van der Waals surface area contributed by atoms with Crippen LogP contribution < -0.4 is 5.43 Å². The van der Waals surface area contributed by atoms with Crippen molar-refractivity contribution in [1.29, 1.82) is 0 Å². The van der Waals surface area contributed by atoms with Crippen molar-refractivity contribution in [2.45, 2.75) is 24.5 Å². The van der Waals surface area contributed by atoms with Crippen LogP contribution >= 0.6 is 0 Å². The Balaban J connectivity index is 1.54. The molecule has 2 fully saturated rings. The minimum absolute atomic E-state index is 0.330. The van der Waals surface area contributed by atoms with Crippen molar-refractivity contribution in [3.63, 3.8) is 0 Å². The molecule has 2 bridgehead atoms. The third-order valence-electron chi connectivity index (χ3n) is 4.11. The van der Waals surface area contributed by atoms with Crippen molar-refractivity contribution in [1.82, 2.24) is 0 Å². The molecule has 4 atom stereocenters. The largest absolute Gasteiger partial charge is 0.384 e. The van der Waals surface area contributed by atoms with Crippen molar-refractivity contribution in [3.05, 3.63) is 60.7 Å². The highest BCUT2D eigenvalue weighted by molar-refractivity contribution is 5.94. The minimum Gasteiger partial charge on any atom is -0.384 e. The van der Waals surface area contributed by atoms with Gasteiger partial charge < -0.3 is 14.6 Å². The smallest absolute Gasteiger partial charge is 0.202 e. The summed E-state index contributed by atoms with van der Waals surface area (Å²) in [6.07, 6.45) is -1.91. The van der Waals surface area contributed by atoms with Crippen LogP contribution in [0.3, 0.4) is 0 Å². The van der Waals surface area contributed by atoms with E-state index in [1.807, 2.05) is 60.7 Å². The SMILES string of the molecule is O[C@H]1/C(=N/Nc2ccccc2)[C@@H]2OC[C@@H](O2)[C@H]1N=Nc1ccccc1. The highest BCUT2D eigenvalue weighted by Crippen LogP contribution is 2.29. The van der Waals surface area contributed by atoms with E-state index in [1.165, 1.54) is 0 Å². The van der Waals surface area contributed by atoms with Crippen LogP contribution in [0.4, 0.5) is 11.4 Å². The maximum Gasteiger partial charge on any atom is 0.202 e. The molecule has 0 saturated carbocycles. The molecule has 2 aromatic rings. The van der Waals surface area contributed by atoms with E-state index in [0.717, 1.165) is 11.4 Å². The van der Waals surface area contributed by atoms with E-state index in [-0.39, 0.29) is 6.10 Å². The number of ether oxygens (including phenoxy) is 2. The van der Waals surface area contributed by atoms with Gasteiger partial charge in [0, 0.05) is 0 Å². The first kappa shape index (κ1) is 15.9. The zero-order valence-electron chi connectivity index (χ0n) is 13.4. The topological polar surface area (TPSA) is 87.8 Å². The first-order valence-electron chi connectivity index (χ1n) is 8.11. The molecule has 25 heavy (non-hydrogen) atoms. The van der Waals surface area contributed by atoms with Crippen LogP contribution in [-0.4, -0.2) is 42.0 Å². The third-order valence-corrected chi connectivity index (χ3v) is 4.11. The Kier molecular flexibility index (Phi) is 4.51. The van der Waals surface area contributed by atoms with E-state index >= 15 is 0 Å². The van der Waals surface area contributed by atoms with Crippen LogP contribution in [0.5, 0.6) is 0 Å². The lowest BCUT2D eigenvalue weighted by Crippen LogP contribution is -2.50. The second kappa shape index (κ2) is 7.10. The van der Waals surface area contributed by atoms with Crippen LogP contribution in [0.2, 0.25) is 0 Å². The molecule has 2 saturated heterocycles. The van der Waals surface area contributed by atoms with E-state index in [4.69, 9.17) is 9.47 Å². The van der Waals surface area contributed by atoms with Crippen LogP contribution in [0.25, 0.3) is 0 Å². The maximum absolute atomic E-state index is 10.7. The second-order valence-corrected chi connectivity index (χ2v) is 5.84. The number of azo groups is 1. The van der Waals surface area contributed by atoms with Gasteiger partial charge >= 0.3 is 0 Å². The molecule has 7 nitrogen and oxygen atoms in total. The Bertz CT molecular complexity index is 766. The molecule has 2 aliphatic rings. The Labute approximate surface area is 145 Å². The molecule has 0 amide bonds. The van der Waals surface area contributed by atoms with E-state index in [0.29, 0.717) is 12.3 Å². The van der Waals surface area contributed by atoms with Crippen LogP contribution in [0.15, 0.2) is 76.0 Å². The summed E-state index contributed by atoms with van der Waals surface area (Å²) in [7, 11) is 0. The Morgan fingerprint density at radius 3 is 2.48 bits per heavy atom. The van der Waals surface area contributed by atoms with Gasteiger partial charge in [0.25, 0.3) is 0 Å². The molecule has 2 heterocycles. The Morgan fingerprint density at radius 1 is 1.00 bits per heavy atom. The van der Waals surface area contributed by atoms with Crippen molar-refractivity contribution < 1.29 is 14.6 Å². The van der Waals surface area contributed by atoms with Crippen molar-refractivity contribution >= 4 is 17.1 Å². The molecular weight excluding hydrogens is 320 g/mol. The van der Waals surface area contributed by atoms with Gasteiger partial charge in [0.15, 0.2) is 0 Å². The van der Waals surface area contributed by atoms with Crippen LogP contribution in [0.1, 0.15) is 0 Å². The normalized spacial score (nSPS) is 30.0. The van der Waals surface area contributed by atoms with Crippen molar-refractivity contribution in [2.75, 3.05) is 12.0 Å². The molecule has 2 aliphatic heterocycles. The summed E-state index contributed by atoms with van der Waals surface area (Å²) in [4.78, 5) is 0. The number of nitrogens with one attached hydrogen (secondary N) is 1. The van der Waals surface area contributed by atoms with Gasteiger partial charge in [-0.2, -0.15) is 15.3 Å². The summed E-state index contributed by atoms with van der Waals surface area (Å²) in [5, 5.41) is 23.4. The van der Waals surface area contributed by atoms with Crippen molar-refractivity contribution in [2.24, 2.45) is 15.3 Å². The number of benzene rings is 2. The van der Waals surface area contributed by atoms with Gasteiger partial charge in [-0.05, 0) is 24.3 Å². The van der Waals surface area contributed by atoms with Gasteiger partial charge in [-0.25, -0.2) is 0 Å². The molecule has 7 heteroatoms. The number of para-hydroxylation sites is 1. The molecule has 2 aromatic carbocycles. The van der Waals surface area contributed by atoms with Gasteiger partial charge in [-0.15, -0.1) is 0 Å². The van der Waals surface area contributed by atoms with E-state index in [2.05, 4.69) is 20.8 Å². The second-order valence-electron chi connectivity index (χ2n) is 5.84. The predicted octanol–water partition coefficient (Wildman–Crippen LogP) is 2.72. The van der Waals surface area contributed by atoms with Crippen LogP contribution in [-0.2, 0) is 9.47 Å². The highest BCUT2D eigenvalue weighted by atomic mass is 16.7. The lowest BCUT2D eigenvalue weighted by atomic mass is 10.00. The molecule has 0 unspecified atom stereocenters. The first-order valence-corrected chi connectivity index (χ1v) is 8.11. The molecule has 0 aromatic heterocycles. The summed E-state index contributed by atoms with van der Waals surface area (Å²) in [5.74, 6) is 0.